The molecule has 1 aromatic carbocycles. The SMILES string of the molecule is CCNC(=NCC1(N(C)C)CCOCC1)NCCc1cc(F)ccc1F.I. The molecule has 0 atom stereocenters. The normalized spacial score (nSPS) is 16.7. The summed E-state index contributed by atoms with van der Waals surface area (Å²) in [6, 6.07) is 3.53. The van der Waals surface area contributed by atoms with Gasteiger partial charge in [-0.2, -0.15) is 0 Å². The van der Waals surface area contributed by atoms with Crippen LogP contribution in [-0.2, 0) is 11.2 Å². The Hall–Kier alpha value is -1.00. The Morgan fingerprint density at radius 3 is 2.56 bits per heavy atom. The van der Waals surface area contributed by atoms with Crippen molar-refractivity contribution in [1.82, 2.24) is 15.5 Å². The number of halogens is 3. The molecule has 27 heavy (non-hydrogen) atoms. The highest BCUT2D eigenvalue weighted by atomic mass is 127. The number of nitrogens with one attached hydrogen (secondary N) is 2. The summed E-state index contributed by atoms with van der Waals surface area (Å²) in [7, 11) is 4.15. The van der Waals surface area contributed by atoms with Gasteiger partial charge in [-0.05, 0) is 64.0 Å². The van der Waals surface area contributed by atoms with Gasteiger partial charge in [0.2, 0.25) is 0 Å². The first kappa shape index (κ1) is 24.0. The van der Waals surface area contributed by atoms with Gasteiger partial charge in [-0.1, -0.05) is 0 Å². The highest BCUT2D eigenvalue weighted by Crippen LogP contribution is 2.26. The molecule has 0 radical (unpaired) electrons. The van der Waals surface area contributed by atoms with E-state index in [4.69, 9.17) is 9.73 Å². The molecule has 154 valence electrons. The molecule has 0 amide bonds. The first-order chi connectivity index (χ1) is 12.5. The number of ether oxygens (including phenoxy) is 1. The molecular formula is C19H31F2IN4O. The van der Waals surface area contributed by atoms with Crippen molar-refractivity contribution in [3.05, 3.63) is 35.4 Å². The maximum absolute atomic E-state index is 13.7. The monoisotopic (exact) mass is 496 g/mol. The number of rotatable bonds is 7. The minimum atomic E-state index is -0.422. The summed E-state index contributed by atoms with van der Waals surface area (Å²) in [4.78, 5) is 6.96. The van der Waals surface area contributed by atoms with Gasteiger partial charge in [0.25, 0.3) is 0 Å². The van der Waals surface area contributed by atoms with Gasteiger partial charge in [-0.25, -0.2) is 8.78 Å². The van der Waals surface area contributed by atoms with E-state index in [1.54, 1.807) is 0 Å². The zero-order chi connectivity index (χ0) is 19.0. The maximum atomic E-state index is 13.7. The molecule has 1 saturated heterocycles. The molecule has 0 bridgehead atoms. The minimum Gasteiger partial charge on any atom is -0.381 e. The molecule has 1 fully saturated rings. The second-order valence-corrected chi connectivity index (χ2v) is 6.84. The Morgan fingerprint density at radius 1 is 1.22 bits per heavy atom. The Balaban J connectivity index is 0.00000364. The summed E-state index contributed by atoms with van der Waals surface area (Å²) in [5.41, 5.74) is 0.359. The number of hydrogen-bond acceptors (Lipinski definition) is 3. The van der Waals surface area contributed by atoms with Crippen molar-refractivity contribution in [2.24, 2.45) is 4.99 Å². The summed E-state index contributed by atoms with van der Waals surface area (Å²) in [6.45, 7) is 5.36. The van der Waals surface area contributed by atoms with Gasteiger partial charge in [0.1, 0.15) is 11.6 Å². The lowest BCUT2D eigenvalue weighted by atomic mass is 9.89. The van der Waals surface area contributed by atoms with Gasteiger partial charge in [-0.3, -0.25) is 4.99 Å². The number of guanidine groups is 1. The quantitative estimate of drug-likeness (QED) is 0.347. The topological polar surface area (TPSA) is 48.9 Å². The average Bonchev–Trinajstić information content (AvgIpc) is 2.63. The van der Waals surface area contributed by atoms with E-state index in [0.717, 1.165) is 44.7 Å². The fourth-order valence-electron chi connectivity index (χ4n) is 3.12. The van der Waals surface area contributed by atoms with Crippen molar-refractivity contribution in [3.63, 3.8) is 0 Å². The van der Waals surface area contributed by atoms with Crippen LogP contribution in [0, 0.1) is 11.6 Å². The molecule has 1 aliphatic heterocycles. The van der Waals surface area contributed by atoms with Crippen molar-refractivity contribution in [3.8, 4) is 0 Å². The maximum Gasteiger partial charge on any atom is 0.191 e. The second-order valence-electron chi connectivity index (χ2n) is 6.84. The van der Waals surface area contributed by atoms with Gasteiger partial charge in [-0.15, -0.1) is 24.0 Å². The van der Waals surface area contributed by atoms with Gasteiger partial charge in [0.05, 0.1) is 6.54 Å². The summed E-state index contributed by atoms with van der Waals surface area (Å²) in [5, 5.41) is 6.42. The van der Waals surface area contributed by atoms with Crippen LogP contribution in [0.5, 0.6) is 0 Å². The standard InChI is InChI=1S/C19H30F2N4O.HI/c1-4-22-18(23-10-7-15-13-16(20)5-6-17(15)21)24-14-19(25(2)3)8-11-26-12-9-19;/h5-6,13H,4,7-12,14H2,1-3H3,(H2,22,23,24);1H. The molecule has 5 nitrogen and oxygen atoms in total. The molecule has 0 aromatic heterocycles. The van der Waals surface area contributed by atoms with Crippen LogP contribution in [-0.4, -0.2) is 63.3 Å². The van der Waals surface area contributed by atoms with Crippen LogP contribution < -0.4 is 10.6 Å². The van der Waals surface area contributed by atoms with Gasteiger partial charge in [0.15, 0.2) is 5.96 Å². The largest absolute Gasteiger partial charge is 0.381 e. The first-order valence-electron chi connectivity index (χ1n) is 9.18. The van der Waals surface area contributed by atoms with E-state index in [2.05, 4.69) is 29.6 Å². The molecule has 0 unspecified atom stereocenters. The fraction of sp³-hybridized carbons (Fsp3) is 0.632. The predicted octanol–water partition coefficient (Wildman–Crippen LogP) is 2.79. The number of likely N-dealkylation sites (N-methyl/N-ethyl adjacent to an activating group) is 1. The Labute approximate surface area is 178 Å². The number of benzene rings is 1. The molecule has 1 heterocycles. The highest BCUT2D eigenvalue weighted by Gasteiger charge is 2.34. The third-order valence-electron chi connectivity index (χ3n) is 4.94. The molecule has 1 aliphatic rings. The van der Waals surface area contributed by atoms with E-state index in [0.29, 0.717) is 31.0 Å². The Kier molecular flexibility index (Phi) is 10.5. The first-order valence-corrected chi connectivity index (χ1v) is 9.18. The van der Waals surface area contributed by atoms with Crippen molar-refractivity contribution >= 4 is 29.9 Å². The van der Waals surface area contributed by atoms with E-state index < -0.39 is 5.82 Å². The molecule has 8 heteroatoms. The van der Waals surface area contributed by atoms with E-state index in [9.17, 15) is 8.78 Å². The van der Waals surface area contributed by atoms with E-state index in [-0.39, 0.29) is 35.3 Å². The second kappa shape index (κ2) is 11.8. The molecule has 2 N–H and O–H groups in total. The summed E-state index contributed by atoms with van der Waals surface area (Å²) in [5.74, 6) is -0.115. The van der Waals surface area contributed by atoms with Gasteiger partial charge >= 0.3 is 0 Å². The summed E-state index contributed by atoms with van der Waals surface area (Å²) >= 11 is 0. The Bertz CT molecular complexity index is 607. The number of nitrogens with zero attached hydrogens (tertiary/aromatic N) is 2. The summed E-state index contributed by atoms with van der Waals surface area (Å²) in [6.07, 6.45) is 2.27. The lowest BCUT2D eigenvalue weighted by Crippen LogP contribution is -2.51. The minimum absolute atomic E-state index is 0. The van der Waals surface area contributed by atoms with Gasteiger partial charge < -0.3 is 20.3 Å². The van der Waals surface area contributed by atoms with Crippen LogP contribution in [0.25, 0.3) is 0 Å². The zero-order valence-corrected chi connectivity index (χ0v) is 18.7. The number of aliphatic imine (C=N–C) groups is 1. The van der Waals surface area contributed by atoms with E-state index >= 15 is 0 Å². The van der Waals surface area contributed by atoms with E-state index in [1.165, 1.54) is 6.07 Å². The van der Waals surface area contributed by atoms with Gasteiger partial charge in [0, 0.05) is 31.8 Å². The van der Waals surface area contributed by atoms with Crippen LogP contribution in [0.1, 0.15) is 25.3 Å². The molecule has 2 rings (SSSR count). The molecule has 0 aliphatic carbocycles. The smallest absolute Gasteiger partial charge is 0.191 e. The number of hydrogen-bond donors (Lipinski definition) is 2. The van der Waals surface area contributed by atoms with Crippen LogP contribution in [0.2, 0.25) is 0 Å². The van der Waals surface area contributed by atoms with Crippen LogP contribution in [0.15, 0.2) is 23.2 Å². The third-order valence-corrected chi connectivity index (χ3v) is 4.94. The van der Waals surface area contributed by atoms with Crippen LogP contribution >= 0.6 is 24.0 Å². The summed E-state index contributed by atoms with van der Waals surface area (Å²) < 4.78 is 32.5. The lowest BCUT2D eigenvalue weighted by molar-refractivity contribution is -0.00254. The fourth-order valence-corrected chi connectivity index (χ4v) is 3.12. The molecular weight excluding hydrogens is 465 g/mol. The molecule has 0 spiro atoms. The van der Waals surface area contributed by atoms with Crippen molar-refractivity contribution < 1.29 is 13.5 Å². The Morgan fingerprint density at radius 2 is 1.93 bits per heavy atom. The van der Waals surface area contributed by atoms with Crippen molar-refractivity contribution in [2.75, 3.05) is 46.9 Å². The lowest BCUT2D eigenvalue weighted by Gasteiger charge is -2.41. The third kappa shape index (κ3) is 7.15. The van der Waals surface area contributed by atoms with Crippen LogP contribution in [0.3, 0.4) is 0 Å². The predicted molar refractivity (Wildman–Crippen MR) is 116 cm³/mol. The average molecular weight is 496 g/mol. The molecule has 0 saturated carbocycles. The molecule has 1 aromatic rings. The highest BCUT2D eigenvalue weighted by molar-refractivity contribution is 14.0. The zero-order valence-electron chi connectivity index (χ0n) is 16.4. The van der Waals surface area contributed by atoms with Crippen LogP contribution in [0.4, 0.5) is 8.78 Å². The van der Waals surface area contributed by atoms with Crippen molar-refractivity contribution in [1.29, 1.82) is 0 Å². The van der Waals surface area contributed by atoms with E-state index in [1.807, 2.05) is 6.92 Å². The van der Waals surface area contributed by atoms with Crippen molar-refractivity contribution in [2.45, 2.75) is 31.7 Å².